The Morgan fingerprint density at radius 2 is 1.58 bits per heavy atom. The third-order valence-electron chi connectivity index (χ3n) is 5.23. The van der Waals surface area contributed by atoms with Crippen LogP contribution < -0.4 is 4.90 Å². The van der Waals surface area contributed by atoms with Crippen LogP contribution >= 0.6 is 0 Å². The highest BCUT2D eigenvalue weighted by atomic mass is 19.4. The van der Waals surface area contributed by atoms with Gasteiger partial charge in [0.2, 0.25) is 0 Å². The van der Waals surface area contributed by atoms with Crippen LogP contribution in [-0.4, -0.2) is 46.2 Å². The Kier molecular flexibility index (Phi) is 4.32. The Hall–Kier alpha value is -2.19. The van der Waals surface area contributed by atoms with Gasteiger partial charge >= 0.3 is 6.18 Å². The van der Waals surface area contributed by atoms with Crippen LogP contribution in [0, 0.1) is 11.8 Å². The van der Waals surface area contributed by atoms with Crippen LogP contribution in [0.3, 0.4) is 0 Å². The van der Waals surface area contributed by atoms with Gasteiger partial charge in [-0.05, 0) is 30.0 Å². The van der Waals surface area contributed by atoms with Gasteiger partial charge in [-0.25, -0.2) is 9.97 Å². The summed E-state index contributed by atoms with van der Waals surface area (Å²) in [6.07, 6.45) is -2.07. The molecule has 3 heterocycles. The number of aliphatic hydroxyl groups is 1. The van der Waals surface area contributed by atoms with E-state index in [-0.39, 0.29) is 17.5 Å². The van der Waals surface area contributed by atoms with Crippen molar-refractivity contribution in [1.29, 1.82) is 0 Å². The summed E-state index contributed by atoms with van der Waals surface area (Å²) < 4.78 is 39.8. The van der Waals surface area contributed by atoms with E-state index in [1.807, 2.05) is 9.80 Å². The number of anilines is 1. The molecule has 2 aliphatic rings. The number of benzene rings is 1. The highest BCUT2D eigenvalue weighted by molar-refractivity contribution is 5.56. The highest BCUT2D eigenvalue weighted by Crippen LogP contribution is 2.41. The van der Waals surface area contributed by atoms with Crippen molar-refractivity contribution in [2.45, 2.75) is 12.4 Å². The largest absolute Gasteiger partial charge is 0.418 e. The molecule has 0 spiro atoms. The fourth-order valence-corrected chi connectivity index (χ4v) is 4.02. The maximum atomic E-state index is 13.3. The maximum Gasteiger partial charge on any atom is 0.418 e. The lowest BCUT2D eigenvalue weighted by Gasteiger charge is -2.27. The molecular weight excluding hydrogens is 345 g/mol. The van der Waals surface area contributed by atoms with E-state index >= 15 is 0 Å². The fraction of sp³-hybridized carbons (Fsp3) is 0.444. The Bertz CT molecular complexity index is 757. The molecule has 0 bridgehead atoms. The van der Waals surface area contributed by atoms with Gasteiger partial charge in [-0.1, -0.05) is 12.1 Å². The predicted octanol–water partition coefficient (Wildman–Crippen LogP) is 2.55. The number of fused-ring (bicyclic) bond motifs is 1. The van der Waals surface area contributed by atoms with Gasteiger partial charge < -0.3 is 10.0 Å². The van der Waals surface area contributed by atoms with E-state index in [2.05, 4.69) is 9.97 Å². The van der Waals surface area contributed by atoms with E-state index in [0.29, 0.717) is 32.0 Å². The maximum absolute atomic E-state index is 13.3. The van der Waals surface area contributed by atoms with Crippen molar-refractivity contribution in [2.75, 3.05) is 31.1 Å². The molecule has 2 aromatic rings. The van der Waals surface area contributed by atoms with Crippen molar-refractivity contribution in [1.82, 2.24) is 14.9 Å². The first kappa shape index (κ1) is 17.2. The van der Waals surface area contributed by atoms with Crippen molar-refractivity contribution in [3.05, 3.63) is 54.1 Å². The Balaban J connectivity index is 1.46. The molecule has 4 rings (SSSR count). The van der Waals surface area contributed by atoms with Gasteiger partial charge in [0.05, 0.1) is 5.56 Å². The number of hydrogen-bond donors (Lipinski definition) is 1. The van der Waals surface area contributed by atoms with Crippen molar-refractivity contribution >= 4 is 5.69 Å². The van der Waals surface area contributed by atoms with Gasteiger partial charge in [0, 0.05) is 44.3 Å². The van der Waals surface area contributed by atoms with E-state index in [9.17, 15) is 18.3 Å². The van der Waals surface area contributed by atoms with E-state index in [1.165, 1.54) is 12.1 Å². The summed E-state index contributed by atoms with van der Waals surface area (Å²) in [5, 5.41) is 10.4. The van der Waals surface area contributed by atoms with Gasteiger partial charge in [0.25, 0.3) is 0 Å². The quantitative estimate of drug-likeness (QED) is 0.907. The molecule has 1 aromatic heterocycles. The second-order valence-corrected chi connectivity index (χ2v) is 6.87. The van der Waals surface area contributed by atoms with Crippen molar-refractivity contribution in [2.24, 2.45) is 11.8 Å². The first-order chi connectivity index (χ1) is 12.4. The molecule has 2 saturated heterocycles. The lowest BCUT2D eigenvalue weighted by atomic mass is 10.0. The third kappa shape index (κ3) is 3.14. The van der Waals surface area contributed by atoms with Crippen LogP contribution in [0.25, 0.3) is 0 Å². The summed E-state index contributed by atoms with van der Waals surface area (Å²) in [6.45, 7) is 2.34. The normalized spacial score (nSPS) is 24.7. The number of hydrogen-bond acceptors (Lipinski definition) is 5. The number of aromatic nitrogens is 2. The summed E-state index contributed by atoms with van der Waals surface area (Å²) in [5.41, 5.74) is -0.345. The molecule has 26 heavy (non-hydrogen) atoms. The lowest BCUT2D eigenvalue weighted by molar-refractivity contribution is -0.137. The third-order valence-corrected chi connectivity index (χ3v) is 5.23. The molecule has 8 heteroatoms. The molecule has 0 aliphatic carbocycles. The van der Waals surface area contributed by atoms with Crippen molar-refractivity contribution in [3.63, 3.8) is 0 Å². The van der Waals surface area contributed by atoms with E-state index < -0.39 is 18.0 Å². The van der Waals surface area contributed by atoms with Gasteiger partial charge in [0.15, 0.2) is 12.1 Å². The molecule has 3 atom stereocenters. The molecule has 1 unspecified atom stereocenters. The van der Waals surface area contributed by atoms with Gasteiger partial charge in [-0.3, -0.25) is 4.90 Å². The molecule has 0 saturated carbocycles. The molecule has 5 nitrogen and oxygen atoms in total. The molecule has 0 radical (unpaired) electrons. The topological polar surface area (TPSA) is 52.5 Å². The minimum absolute atomic E-state index is 0.217. The van der Waals surface area contributed by atoms with Crippen molar-refractivity contribution < 1.29 is 18.3 Å². The van der Waals surface area contributed by atoms with E-state index in [4.69, 9.17) is 0 Å². The number of likely N-dealkylation sites (tertiary alicyclic amines) is 1. The monoisotopic (exact) mass is 364 g/mol. The Morgan fingerprint density at radius 3 is 2.19 bits per heavy atom. The van der Waals surface area contributed by atoms with Crippen LogP contribution in [0.2, 0.25) is 0 Å². The molecule has 1 aromatic carbocycles. The Labute approximate surface area is 149 Å². The second-order valence-electron chi connectivity index (χ2n) is 6.87. The summed E-state index contributed by atoms with van der Waals surface area (Å²) in [5.74, 6) is 0.788. The summed E-state index contributed by atoms with van der Waals surface area (Å²) in [4.78, 5) is 11.9. The number of nitrogens with zero attached hydrogens (tertiary/aromatic N) is 4. The van der Waals surface area contributed by atoms with Crippen molar-refractivity contribution in [3.8, 4) is 0 Å². The molecule has 2 fully saturated rings. The number of halogens is 3. The van der Waals surface area contributed by atoms with Crippen LogP contribution in [0.4, 0.5) is 18.9 Å². The van der Waals surface area contributed by atoms with E-state index in [0.717, 1.165) is 6.07 Å². The number of aliphatic hydroxyl groups excluding tert-OH is 1. The predicted molar refractivity (Wildman–Crippen MR) is 89.2 cm³/mol. The Morgan fingerprint density at radius 1 is 0.962 bits per heavy atom. The average Bonchev–Trinajstić information content (AvgIpc) is 3.20. The molecule has 138 valence electrons. The zero-order valence-electron chi connectivity index (χ0n) is 14.0. The lowest BCUT2D eigenvalue weighted by Crippen LogP contribution is -2.33. The van der Waals surface area contributed by atoms with E-state index in [1.54, 1.807) is 24.5 Å². The molecule has 0 amide bonds. The second kappa shape index (κ2) is 6.51. The van der Waals surface area contributed by atoms with Gasteiger partial charge in [-0.2, -0.15) is 13.2 Å². The first-order valence-electron chi connectivity index (χ1n) is 8.53. The van der Waals surface area contributed by atoms with Crippen LogP contribution in [0.15, 0.2) is 42.7 Å². The smallest absolute Gasteiger partial charge is 0.371 e. The van der Waals surface area contributed by atoms with Crippen LogP contribution in [-0.2, 0) is 6.18 Å². The zero-order valence-corrected chi connectivity index (χ0v) is 14.0. The molecular formula is C18H19F3N4O. The SMILES string of the molecule is OC(c1ncccn1)N1C[C@H]2CN(c3ccccc3C(F)(F)F)C[C@H]2C1. The minimum Gasteiger partial charge on any atom is -0.371 e. The number of rotatable bonds is 3. The average molecular weight is 364 g/mol. The number of para-hydroxylation sites is 1. The highest BCUT2D eigenvalue weighted by Gasteiger charge is 2.44. The first-order valence-corrected chi connectivity index (χ1v) is 8.53. The summed E-state index contributed by atoms with van der Waals surface area (Å²) in [6, 6.07) is 7.41. The summed E-state index contributed by atoms with van der Waals surface area (Å²) in [7, 11) is 0. The minimum atomic E-state index is -4.36. The fourth-order valence-electron chi connectivity index (χ4n) is 4.02. The zero-order chi connectivity index (χ0) is 18.3. The standard InChI is InChI=1S/C18H19F3N4O/c19-18(20,21)14-4-1-2-5-15(14)24-8-12-10-25(11-13(12)9-24)17(26)16-22-6-3-7-23-16/h1-7,12-13,17,26H,8-11H2/t12-,13+,17?. The van der Waals surface area contributed by atoms with Gasteiger partial charge in [-0.15, -0.1) is 0 Å². The van der Waals surface area contributed by atoms with Crippen LogP contribution in [0.1, 0.15) is 17.6 Å². The number of alkyl halides is 3. The van der Waals surface area contributed by atoms with Crippen LogP contribution in [0.5, 0.6) is 0 Å². The molecule has 2 aliphatic heterocycles. The van der Waals surface area contributed by atoms with Gasteiger partial charge in [0.1, 0.15) is 0 Å². The summed E-state index contributed by atoms with van der Waals surface area (Å²) >= 11 is 0. The molecule has 1 N–H and O–H groups in total.